The number of hydrogen-bond donors (Lipinski definition) is 1. The fourth-order valence-corrected chi connectivity index (χ4v) is 3.56. The van der Waals surface area contributed by atoms with E-state index in [1.807, 2.05) is 0 Å². The van der Waals surface area contributed by atoms with E-state index in [-0.39, 0.29) is 24.3 Å². The van der Waals surface area contributed by atoms with Gasteiger partial charge in [0.25, 0.3) is 0 Å². The highest BCUT2D eigenvalue weighted by Crippen LogP contribution is 2.24. The number of carbonyl (C=O) groups is 2. The van der Waals surface area contributed by atoms with Crippen molar-refractivity contribution < 1.29 is 19.4 Å². The molecule has 0 aromatic heterocycles. The van der Waals surface area contributed by atoms with Gasteiger partial charge in [0.05, 0.1) is 12.5 Å². The molecule has 0 saturated carbocycles. The third-order valence-corrected chi connectivity index (χ3v) is 4.58. The average Bonchev–Trinajstić information content (AvgIpc) is 2.39. The molecule has 0 aliphatic carbocycles. The van der Waals surface area contributed by atoms with Crippen LogP contribution in [-0.2, 0) is 14.3 Å². The number of rotatable bonds is 3. The molecule has 18 heavy (non-hydrogen) atoms. The zero-order chi connectivity index (χ0) is 13.0. The van der Waals surface area contributed by atoms with Gasteiger partial charge in [0.15, 0.2) is 0 Å². The Hall–Kier alpha value is -0.750. The molecule has 1 amide bonds. The number of carboxylic acid groups (broad SMARTS) is 1. The molecule has 2 rings (SSSR count). The molecule has 2 fully saturated rings. The van der Waals surface area contributed by atoms with Gasteiger partial charge in [-0.25, -0.2) is 0 Å². The fourth-order valence-electron chi connectivity index (χ4n) is 2.49. The van der Waals surface area contributed by atoms with Crippen molar-refractivity contribution in [2.24, 2.45) is 5.92 Å². The number of nitrogens with zero attached hydrogens (tertiary/aromatic N) is 1. The zero-order valence-electron chi connectivity index (χ0n) is 10.3. The van der Waals surface area contributed by atoms with Gasteiger partial charge in [-0.1, -0.05) is 0 Å². The number of ether oxygens (including phenoxy) is 1. The number of carbonyl (C=O) groups excluding carboxylic acids is 1. The molecular weight excluding hydrogens is 254 g/mol. The maximum atomic E-state index is 12.4. The summed E-state index contributed by atoms with van der Waals surface area (Å²) in [6.07, 6.45) is 1.59. The van der Waals surface area contributed by atoms with Crippen LogP contribution in [0, 0.1) is 5.92 Å². The summed E-state index contributed by atoms with van der Waals surface area (Å²) in [5, 5.41) is 8.91. The van der Waals surface area contributed by atoms with Gasteiger partial charge in [0.2, 0.25) is 5.91 Å². The van der Waals surface area contributed by atoms with Gasteiger partial charge in [-0.05, 0) is 12.8 Å². The summed E-state index contributed by atoms with van der Waals surface area (Å²) in [6.45, 7) is 1.96. The molecule has 2 heterocycles. The molecule has 1 N–H and O–H groups in total. The smallest absolute Gasteiger partial charge is 0.305 e. The second-order valence-corrected chi connectivity index (χ2v) is 5.89. The normalized spacial score (nSPS) is 26.0. The van der Waals surface area contributed by atoms with Crippen molar-refractivity contribution in [3.8, 4) is 0 Å². The first-order valence-corrected chi connectivity index (χ1v) is 7.51. The van der Waals surface area contributed by atoms with Crippen LogP contribution in [0.25, 0.3) is 0 Å². The van der Waals surface area contributed by atoms with E-state index in [0.717, 1.165) is 24.3 Å². The molecule has 6 heteroatoms. The van der Waals surface area contributed by atoms with Crippen LogP contribution < -0.4 is 0 Å². The van der Waals surface area contributed by atoms with Crippen molar-refractivity contribution in [3.05, 3.63) is 0 Å². The van der Waals surface area contributed by atoms with E-state index in [2.05, 4.69) is 0 Å². The Balaban J connectivity index is 1.98. The number of amides is 1. The average molecular weight is 273 g/mol. The Morgan fingerprint density at radius 1 is 1.33 bits per heavy atom. The van der Waals surface area contributed by atoms with Crippen LogP contribution in [0.5, 0.6) is 0 Å². The van der Waals surface area contributed by atoms with Gasteiger partial charge in [-0.3, -0.25) is 9.59 Å². The van der Waals surface area contributed by atoms with Gasteiger partial charge in [-0.15, -0.1) is 0 Å². The van der Waals surface area contributed by atoms with E-state index in [4.69, 9.17) is 9.84 Å². The molecule has 0 radical (unpaired) electrons. The van der Waals surface area contributed by atoms with E-state index in [9.17, 15) is 9.59 Å². The third kappa shape index (κ3) is 3.38. The standard InChI is InChI=1S/C12H19NO4S/c14-11(15)7-10-8-18-6-3-13(10)12(16)9-1-4-17-5-2-9/h9-10H,1-8H2,(H,14,15). The van der Waals surface area contributed by atoms with Crippen molar-refractivity contribution >= 4 is 23.6 Å². The highest BCUT2D eigenvalue weighted by Gasteiger charge is 2.33. The maximum Gasteiger partial charge on any atom is 0.305 e. The topological polar surface area (TPSA) is 66.8 Å². The molecule has 0 aromatic carbocycles. The lowest BCUT2D eigenvalue weighted by molar-refractivity contribution is -0.143. The summed E-state index contributed by atoms with van der Waals surface area (Å²) in [5.41, 5.74) is 0. The monoisotopic (exact) mass is 273 g/mol. The molecule has 1 atom stereocenters. The number of thioether (sulfide) groups is 1. The van der Waals surface area contributed by atoms with E-state index < -0.39 is 5.97 Å². The second kappa shape index (κ2) is 6.43. The van der Waals surface area contributed by atoms with E-state index in [1.54, 1.807) is 16.7 Å². The highest BCUT2D eigenvalue weighted by molar-refractivity contribution is 7.99. The molecular formula is C12H19NO4S. The van der Waals surface area contributed by atoms with Crippen LogP contribution in [0.15, 0.2) is 0 Å². The summed E-state index contributed by atoms with van der Waals surface area (Å²) < 4.78 is 5.26. The largest absolute Gasteiger partial charge is 0.481 e. The van der Waals surface area contributed by atoms with E-state index in [1.165, 1.54) is 0 Å². The maximum absolute atomic E-state index is 12.4. The Morgan fingerprint density at radius 2 is 2.06 bits per heavy atom. The summed E-state index contributed by atoms with van der Waals surface area (Å²) in [7, 11) is 0. The van der Waals surface area contributed by atoms with Gasteiger partial charge in [0, 0.05) is 37.2 Å². The van der Waals surface area contributed by atoms with Gasteiger partial charge in [0.1, 0.15) is 0 Å². The van der Waals surface area contributed by atoms with Crippen LogP contribution >= 0.6 is 11.8 Å². The number of hydrogen-bond acceptors (Lipinski definition) is 4. The first kappa shape index (κ1) is 13.7. The highest BCUT2D eigenvalue weighted by atomic mass is 32.2. The zero-order valence-corrected chi connectivity index (χ0v) is 11.2. The number of aliphatic carboxylic acids is 1. The Labute approximate surface area is 111 Å². The predicted octanol–water partition coefficient (Wildman–Crippen LogP) is 0.832. The van der Waals surface area contributed by atoms with Crippen molar-refractivity contribution in [3.63, 3.8) is 0 Å². The molecule has 2 saturated heterocycles. The lowest BCUT2D eigenvalue weighted by Gasteiger charge is -2.37. The van der Waals surface area contributed by atoms with Crippen LogP contribution in [-0.4, -0.2) is 59.2 Å². The van der Waals surface area contributed by atoms with Crippen molar-refractivity contribution in [1.29, 1.82) is 0 Å². The van der Waals surface area contributed by atoms with Crippen molar-refractivity contribution in [2.45, 2.75) is 25.3 Å². The molecule has 1 unspecified atom stereocenters. The lowest BCUT2D eigenvalue weighted by Crippen LogP contribution is -2.50. The van der Waals surface area contributed by atoms with Gasteiger partial charge < -0.3 is 14.7 Å². The molecule has 0 bridgehead atoms. The van der Waals surface area contributed by atoms with Crippen molar-refractivity contribution in [2.75, 3.05) is 31.3 Å². The third-order valence-electron chi connectivity index (χ3n) is 3.49. The molecule has 5 nitrogen and oxygen atoms in total. The molecule has 2 aliphatic heterocycles. The Kier molecular flexibility index (Phi) is 4.88. The minimum Gasteiger partial charge on any atom is -0.481 e. The second-order valence-electron chi connectivity index (χ2n) is 4.74. The quantitative estimate of drug-likeness (QED) is 0.825. The van der Waals surface area contributed by atoms with Crippen LogP contribution in [0.4, 0.5) is 0 Å². The molecule has 0 spiro atoms. The van der Waals surface area contributed by atoms with E-state index >= 15 is 0 Å². The van der Waals surface area contributed by atoms with E-state index in [0.29, 0.717) is 19.8 Å². The van der Waals surface area contributed by atoms with Crippen LogP contribution in [0.1, 0.15) is 19.3 Å². The lowest BCUT2D eigenvalue weighted by atomic mass is 9.97. The van der Waals surface area contributed by atoms with Crippen molar-refractivity contribution in [1.82, 2.24) is 4.90 Å². The van der Waals surface area contributed by atoms with Gasteiger partial charge in [-0.2, -0.15) is 11.8 Å². The molecule has 102 valence electrons. The Bertz CT molecular complexity index is 317. The predicted molar refractivity (Wildman–Crippen MR) is 68.6 cm³/mol. The first-order valence-electron chi connectivity index (χ1n) is 6.36. The first-order chi connectivity index (χ1) is 8.68. The van der Waals surface area contributed by atoms with Crippen LogP contribution in [0.2, 0.25) is 0 Å². The molecule has 0 aromatic rings. The summed E-state index contributed by atoms with van der Waals surface area (Å²) >= 11 is 1.73. The SMILES string of the molecule is O=C(O)CC1CSCCN1C(=O)C1CCOCC1. The van der Waals surface area contributed by atoms with Crippen LogP contribution in [0.3, 0.4) is 0 Å². The van der Waals surface area contributed by atoms with Gasteiger partial charge >= 0.3 is 5.97 Å². The summed E-state index contributed by atoms with van der Waals surface area (Å²) in [6, 6.07) is -0.142. The fraction of sp³-hybridized carbons (Fsp3) is 0.833. The molecule has 2 aliphatic rings. The summed E-state index contributed by atoms with van der Waals surface area (Å²) in [4.78, 5) is 25.1. The Morgan fingerprint density at radius 3 is 2.72 bits per heavy atom. The number of carboxylic acids is 1. The minimum absolute atomic E-state index is 0.0261. The summed E-state index contributed by atoms with van der Waals surface area (Å²) in [5.74, 6) is 0.974. The minimum atomic E-state index is -0.827.